The van der Waals surface area contributed by atoms with Gasteiger partial charge in [0.05, 0.1) is 0 Å². The van der Waals surface area contributed by atoms with E-state index in [9.17, 15) is 0 Å². The van der Waals surface area contributed by atoms with Crippen LogP contribution in [0.15, 0.2) is 12.4 Å². The van der Waals surface area contributed by atoms with Crippen molar-refractivity contribution in [3.63, 3.8) is 0 Å². The van der Waals surface area contributed by atoms with E-state index in [0.717, 1.165) is 23.8 Å². The molecule has 6 heteroatoms. The third kappa shape index (κ3) is 2.09. The second-order valence-corrected chi connectivity index (χ2v) is 4.17. The highest BCUT2D eigenvalue weighted by Crippen LogP contribution is 2.12. The van der Waals surface area contributed by atoms with Crippen LogP contribution in [-0.2, 0) is 0 Å². The van der Waals surface area contributed by atoms with Crippen LogP contribution in [-0.4, -0.2) is 32.0 Å². The van der Waals surface area contributed by atoms with Crippen LogP contribution in [0.2, 0.25) is 0 Å². The summed E-state index contributed by atoms with van der Waals surface area (Å²) < 4.78 is 1.90. The molecule has 86 valence electrons. The second kappa shape index (κ2) is 4.65. The van der Waals surface area contributed by atoms with Gasteiger partial charge in [0, 0.05) is 24.8 Å². The van der Waals surface area contributed by atoms with E-state index < -0.39 is 0 Å². The van der Waals surface area contributed by atoms with E-state index in [2.05, 4.69) is 27.4 Å². The first kappa shape index (κ1) is 11.1. The number of anilines is 1. The molecule has 0 radical (unpaired) electrons. The molecule has 0 aromatic carbocycles. The average molecular weight is 240 g/mol. The fourth-order valence-electron chi connectivity index (χ4n) is 1.39. The Morgan fingerprint density at radius 2 is 2.31 bits per heavy atom. The zero-order valence-electron chi connectivity index (χ0n) is 9.31. The molecule has 0 aliphatic heterocycles. The van der Waals surface area contributed by atoms with Gasteiger partial charge >= 0.3 is 0 Å². The van der Waals surface area contributed by atoms with E-state index in [4.69, 9.17) is 11.6 Å². The molecule has 1 atom stereocenters. The Kier molecular flexibility index (Phi) is 3.24. The van der Waals surface area contributed by atoms with E-state index in [-0.39, 0.29) is 0 Å². The summed E-state index contributed by atoms with van der Waals surface area (Å²) in [5, 5.41) is 11.3. The molecule has 5 nitrogen and oxygen atoms in total. The molecule has 0 bridgehead atoms. The summed E-state index contributed by atoms with van der Waals surface area (Å²) in [6.07, 6.45) is 3.58. The highest BCUT2D eigenvalue weighted by Gasteiger charge is 2.08. The molecule has 2 heterocycles. The molecular weight excluding hydrogens is 226 g/mol. The Labute approximate surface area is 98.9 Å². The number of nitrogens with zero attached hydrogens (tertiary/aromatic N) is 4. The van der Waals surface area contributed by atoms with Crippen molar-refractivity contribution >= 4 is 23.1 Å². The summed E-state index contributed by atoms with van der Waals surface area (Å²) in [5.74, 6) is 2.63. The minimum absolute atomic E-state index is 0.396. The van der Waals surface area contributed by atoms with Crippen LogP contribution in [0.5, 0.6) is 0 Å². The summed E-state index contributed by atoms with van der Waals surface area (Å²) in [7, 11) is 0. The quantitative estimate of drug-likeness (QED) is 0.826. The van der Waals surface area contributed by atoms with Gasteiger partial charge in [0.1, 0.15) is 5.82 Å². The fraction of sp³-hybridized carbons (Fsp3) is 0.500. The van der Waals surface area contributed by atoms with Gasteiger partial charge in [0.15, 0.2) is 5.82 Å². The van der Waals surface area contributed by atoms with Gasteiger partial charge in [-0.15, -0.1) is 21.8 Å². The molecule has 0 fully saturated rings. The minimum atomic E-state index is 0.396. The Morgan fingerprint density at radius 1 is 1.50 bits per heavy atom. The van der Waals surface area contributed by atoms with Crippen molar-refractivity contribution < 1.29 is 0 Å². The fourth-order valence-corrected chi connectivity index (χ4v) is 1.50. The van der Waals surface area contributed by atoms with Gasteiger partial charge in [-0.05, 0) is 12.8 Å². The third-order valence-corrected chi connectivity index (χ3v) is 2.91. The van der Waals surface area contributed by atoms with Crippen molar-refractivity contribution in [3.05, 3.63) is 18.2 Å². The van der Waals surface area contributed by atoms with Gasteiger partial charge in [-0.1, -0.05) is 6.92 Å². The Balaban J connectivity index is 2.24. The summed E-state index contributed by atoms with van der Waals surface area (Å²) in [4.78, 5) is 4.25. The molecule has 2 aromatic heterocycles. The van der Waals surface area contributed by atoms with Gasteiger partial charge in [-0.25, -0.2) is 4.98 Å². The Morgan fingerprint density at radius 3 is 3.06 bits per heavy atom. The largest absolute Gasteiger partial charge is 0.367 e. The van der Waals surface area contributed by atoms with E-state index in [1.165, 1.54) is 0 Å². The predicted molar refractivity (Wildman–Crippen MR) is 63.9 cm³/mol. The minimum Gasteiger partial charge on any atom is -0.367 e. The van der Waals surface area contributed by atoms with Crippen LogP contribution in [0.1, 0.15) is 12.7 Å². The zero-order valence-corrected chi connectivity index (χ0v) is 10.1. The van der Waals surface area contributed by atoms with Crippen LogP contribution in [0.4, 0.5) is 5.82 Å². The number of aromatic nitrogens is 4. The highest BCUT2D eigenvalue weighted by atomic mass is 35.5. The van der Waals surface area contributed by atoms with Crippen LogP contribution in [0, 0.1) is 12.8 Å². The zero-order chi connectivity index (χ0) is 11.5. The number of halogens is 1. The van der Waals surface area contributed by atoms with Gasteiger partial charge in [-0.2, -0.15) is 0 Å². The van der Waals surface area contributed by atoms with Gasteiger partial charge in [0.2, 0.25) is 5.65 Å². The van der Waals surface area contributed by atoms with Crippen LogP contribution >= 0.6 is 11.6 Å². The number of rotatable bonds is 4. The Hall–Kier alpha value is -1.36. The van der Waals surface area contributed by atoms with E-state index in [1.54, 1.807) is 6.20 Å². The lowest BCUT2D eigenvalue weighted by Crippen LogP contribution is -2.14. The van der Waals surface area contributed by atoms with Crippen molar-refractivity contribution in [2.24, 2.45) is 5.92 Å². The molecule has 0 amide bonds. The molecule has 1 N–H and O–H groups in total. The molecule has 0 saturated carbocycles. The van der Waals surface area contributed by atoms with Crippen molar-refractivity contribution in [1.29, 1.82) is 0 Å². The van der Waals surface area contributed by atoms with Crippen molar-refractivity contribution in [2.75, 3.05) is 17.7 Å². The van der Waals surface area contributed by atoms with Crippen molar-refractivity contribution in [3.8, 4) is 0 Å². The third-order valence-electron chi connectivity index (χ3n) is 2.38. The topological polar surface area (TPSA) is 55.1 Å². The SMILES string of the molecule is Cc1nnc2c(NCC(C)CCl)nccn12. The summed E-state index contributed by atoms with van der Waals surface area (Å²) in [6, 6.07) is 0. The standard InChI is InChI=1S/C10H14ClN5/c1-7(5-11)6-13-9-10-15-14-8(2)16(10)4-3-12-9/h3-4,7H,5-6H2,1-2H3,(H,12,13). The maximum Gasteiger partial charge on any atom is 0.203 e. The lowest BCUT2D eigenvalue weighted by Gasteiger charge is -2.09. The Bertz CT molecular complexity index is 481. The maximum atomic E-state index is 5.75. The number of hydrogen-bond acceptors (Lipinski definition) is 4. The maximum absolute atomic E-state index is 5.75. The normalized spacial score (nSPS) is 12.9. The first-order valence-corrected chi connectivity index (χ1v) is 5.72. The first-order chi connectivity index (χ1) is 7.72. The first-order valence-electron chi connectivity index (χ1n) is 5.18. The number of fused-ring (bicyclic) bond motifs is 1. The molecule has 1 unspecified atom stereocenters. The molecule has 2 aromatic rings. The second-order valence-electron chi connectivity index (χ2n) is 3.86. The molecule has 16 heavy (non-hydrogen) atoms. The molecule has 0 aliphatic carbocycles. The number of alkyl halides is 1. The van der Waals surface area contributed by atoms with Gasteiger partial charge < -0.3 is 5.32 Å². The molecular formula is C10H14ClN5. The lowest BCUT2D eigenvalue weighted by molar-refractivity contribution is 0.694. The van der Waals surface area contributed by atoms with Gasteiger partial charge in [0.25, 0.3) is 0 Å². The highest BCUT2D eigenvalue weighted by molar-refractivity contribution is 6.18. The van der Waals surface area contributed by atoms with E-state index in [0.29, 0.717) is 11.8 Å². The molecule has 0 spiro atoms. The van der Waals surface area contributed by atoms with Gasteiger partial charge in [-0.3, -0.25) is 4.40 Å². The molecule has 0 saturated heterocycles. The van der Waals surface area contributed by atoms with E-state index in [1.807, 2.05) is 17.5 Å². The lowest BCUT2D eigenvalue weighted by atomic mass is 10.2. The summed E-state index contributed by atoms with van der Waals surface area (Å²) >= 11 is 5.75. The number of hydrogen-bond donors (Lipinski definition) is 1. The van der Waals surface area contributed by atoms with Crippen LogP contribution in [0.25, 0.3) is 5.65 Å². The van der Waals surface area contributed by atoms with E-state index >= 15 is 0 Å². The summed E-state index contributed by atoms with van der Waals surface area (Å²) in [6.45, 7) is 4.77. The smallest absolute Gasteiger partial charge is 0.203 e. The number of aryl methyl sites for hydroxylation is 1. The average Bonchev–Trinajstić information content (AvgIpc) is 2.69. The summed E-state index contributed by atoms with van der Waals surface area (Å²) in [5.41, 5.74) is 0.752. The van der Waals surface area contributed by atoms with Crippen LogP contribution < -0.4 is 5.32 Å². The monoisotopic (exact) mass is 239 g/mol. The van der Waals surface area contributed by atoms with Crippen molar-refractivity contribution in [1.82, 2.24) is 19.6 Å². The number of nitrogens with one attached hydrogen (secondary N) is 1. The molecule has 2 rings (SSSR count). The molecule has 0 aliphatic rings. The predicted octanol–water partition coefficient (Wildman–Crippen LogP) is 1.72. The van der Waals surface area contributed by atoms with Crippen molar-refractivity contribution in [2.45, 2.75) is 13.8 Å². The van der Waals surface area contributed by atoms with Crippen LogP contribution in [0.3, 0.4) is 0 Å².